The number of hydrogen-bond donors (Lipinski definition) is 1. The SMILES string of the molecule is COc1ccc(N(CC(=O)N(Cc2ccc(Cl)cc2Cl)C(C)C(=O)NC(C)(C)C)S(C)(=O)=O)cc1Cl. The van der Waals surface area contributed by atoms with E-state index in [0.717, 1.165) is 10.6 Å². The average Bonchev–Trinajstić information content (AvgIpc) is 2.74. The first-order chi connectivity index (χ1) is 16.5. The van der Waals surface area contributed by atoms with Crippen molar-refractivity contribution in [3.05, 3.63) is 57.0 Å². The van der Waals surface area contributed by atoms with Crippen molar-refractivity contribution in [2.75, 3.05) is 24.2 Å². The maximum Gasteiger partial charge on any atom is 0.244 e. The van der Waals surface area contributed by atoms with E-state index in [0.29, 0.717) is 21.4 Å². The van der Waals surface area contributed by atoms with Crippen LogP contribution in [0.2, 0.25) is 15.1 Å². The Hall–Kier alpha value is -2.20. The molecule has 0 aliphatic heterocycles. The van der Waals surface area contributed by atoms with Gasteiger partial charge in [-0.05, 0) is 63.6 Å². The van der Waals surface area contributed by atoms with Crippen molar-refractivity contribution in [2.24, 2.45) is 0 Å². The molecule has 1 N–H and O–H groups in total. The fraction of sp³-hybridized carbons (Fsp3) is 0.417. The van der Waals surface area contributed by atoms with E-state index in [1.54, 1.807) is 19.1 Å². The number of hydrogen-bond acceptors (Lipinski definition) is 5. The molecule has 0 aliphatic rings. The van der Waals surface area contributed by atoms with E-state index in [1.807, 2.05) is 20.8 Å². The molecule has 2 amide bonds. The molecule has 0 aliphatic carbocycles. The summed E-state index contributed by atoms with van der Waals surface area (Å²) in [7, 11) is -2.47. The molecular formula is C24H30Cl3N3O5S. The smallest absolute Gasteiger partial charge is 0.244 e. The number of benzene rings is 2. The molecule has 2 rings (SSSR count). The predicted molar refractivity (Wildman–Crippen MR) is 145 cm³/mol. The fourth-order valence-corrected chi connectivity index (χ4v) is 4.88. The number of nitrogens with one attached hydrogen (secondary N) is 1. The van der Waals surface area contributed by atoms with Gasteiger partial charge in [0.25, 0.3) is 0 Å². The average molecular weight is 579 g/mol. The summed E-state index contributed by atoms with van der Waals surface area (Å²) < 4.78 is 31.4. The Morgan fingerprint density at radius 1 is 1.06 bits per heavy atom. The number of sulfonamides is 1. The Bertz CT molecular complexity index is 1230. The van der Waals surface area contributed by atoms with Crippen LogP contribution in [-0.2, 0) is 26.2 Å². The van der Waals surface area contributed by atoms with Crippen LogP contribution in [-0.4, -0.2) is 56.6 Å². The van der Waals surface area contributed by atoms with Gasteiger partial charge >= 0.3 is 0 Å². The second-order valence-electron chi connectivity index (χ2n) is 9.26. The van der Waals surface area contributed by atoms with Crippen LogP contribution < -0.4 is 14.4 Å². The molecular weight excluding hydrogens is 549 g/mol. The molecule has 0 heterocycles. The summed E-state index contributed by atoms with van der Waals surface area (Å²) in [6.07, 6.45) is 0.981. The van der Waals surface area contributed by atoms with E-state index in [-0.39, 0.29) is 17.3 Å². The minimum Gasteiger partial charge on any atom is -0.495 e. The van der Waals surface area contributed by atoms with Crippen molar-refractivity contribution in [3.63, 3.8) is 0 Å². The molecule has 0 saturated carbocycles. The molecule has 0 spiro atoms. The lowest BCUT2D eigenvalue weighted by molar-refractivity contribution is -0.140. The van der Waals surface area contributed by atoms with Crippen LogP contribution in [0, 0.1) is 0 Å². The zero-order valence-electron chi connectivity index (χ0n) is 20.9. The molecule has 12 heteroatoms. The fourth-order valence-electron chi connectivity index (χ4n) is 3.31. The van der Waals surface area contributed by atoms with E-state index >= 15 is 0 Å². The Labute approximate surface area is 227 Å². The lowest BCUT2D eigenvalue weighted by Crippen LogP contribution is -2.54. The van der Waals surface area contributed by atoms with E-state index < -0.39 is 40.0 Å². The Balaban J connectivity index is 2.47. The first-order valence-corrected chi connectivity index (χ1v) is 13.9. The van der Waals surface area contributed by atoms with Crippen LogP contribution in [0.25, 0.3) is 0 Å². The van der Waals surface area contributed by atoms with Crippen molar-refractivity contribution >= 4 is 62.3 Å². The molecule has 36 heavy (non-hydrogen) atoms. The summed E-state index contributed by atoms with van der Waals surface area (Å²) in [5, 5.41) is 3.76. The molecule has 8 nitrogen and oxygen atoms in total. The Kier molecular flexibility index (Phi) is 9.92. The van der Waals surface area contributed by atoms with Gasteiger partial charge < -0.3 is 15.0 Å². The largest absolute Gasteiger partial charge is 0.495 e. The summed E-state index contributed by atoms with van der Waals surface area (Å²) >= 11 is 18.5. The van der Waals surface area contributed by atoms with E-state index in [1.165, 1.54) is 36.3 Å². The monoisotopic (exact) mass is 577 g/mol. The van der Waals surface area contributed by atoms with Gasteiger partial charge in [0.15, 0.2) is 0 Å². The highest BCUT2D eigenvalue weighted by Crippen LogP contribution is 2.30. The van der Waals surface area contributed by atoms with Gasteiger partial charge in [-0.2, -0.15) is 0 Å². The van der Waals surface area contributed by atoms with E-state index in [9.17, 15) is 18.0 Å². The van der Waals surface area contributed by atoms with Crippen LogP contribution >= 0.6 is 34.8 Å². The molecule has 198 valence electrons. The summed E-state index contributed by atoms with van der Waals surface area (Å²) in [5.74, 6) is -0.666. The van der Waals surface area contributed by atoms with E-state index in [4.69, 9.17) is 39.5 Å². The number of carbonyl (C=O) groups is 2. The zero-order chi connectivity index (χ0) is 27.4. The maximum absolute atomic E-state index is 13.6. The quantitative estimate of drug-likeness (QED) is 0.463. The van der Waals surface area contributed by atoms with Gasteiger partial charge in [-0.15, -0.1) is 0 Å². The summed E-state index contributed by atoms with van der Waals surface area (Å²) in [5.41, 5.74) is 0.174. The molecule has 0 radical (unpaired) electrons. The van der Waals surface area contributed by atoms with Crippen LogP contribution in [0.5, 0.6) is 5.75 Å². The second-order valence-corrected chi connectivity index (χ2v) is 12.4. The van der Waals surface area contributed by atoms with Crippen molar-refractivity contribution in [3.8, 4) is 5.75 Å². The number of amides is 2. The highest BCUT2D eigenvalue weighted by atomic mass is 35.5. The van der Waals surface area contributed by atoms with Gasteiger partial charge in [0, 0.05) is 22.1 Å². The number of anilines is 1. The number of ether oxygens (including phenoxy) is 1. The van der Waals surface area contributed by atoms with Crippen LogP contribution in [0.15, 0.2) is 36.4 Å². The highest BCUT2D eigenvalue weighted by Gasteiger charge is 2.32. The Morgan fingerprint density at radius 2 is 1.69 bits per heavy atom. The third kappa shape index (κ3) is 8.16. The molecule has 0 saturated heterocycles. The van der Waals surface area contributed by atoms with Crippen molar-refractivity contribution in [1.29, 1.82) is 0 Å². The number of halogens is 3. The van der Waals surface area contributed by atoms with E-state index in [2.05, 4.69) is 5.32 Å². The lowest BCUT2D eigenvalue weighted by atomic mass is 10.1. The van der Waals surface area contributed by atoms with Crippen LogP contribution in [0.1, 0.15) is 33.3 Å². The summed E-state index contributed by atoms with van der Waals surface area (Å²) in [6.45, 7) is 6.40. The summed E-state index contributed by atoms with van der Waals surface area (Å²) in [6, 6.07) is 8.24. The molecule has 2 aromatic carbocycles. The minimum atomic E-state index is -3.90. The summed E-state index contributed by atoms with van der Waals surface area (Å²) in [4.78, 5) is 27.8. The standard InChI is InChI=1S/C24H30Cl3N3O5S/c1-15(23(32)28-24(2,3)4)29(13-16-7-8-17(25)11-19(16)26)22(31)14-30(36(6,33)34)18-9-10-21(35-5)20(27)12-18/h7-12,15H,13-14H2,1-6H3,(H,28,32). The van der Waals surface area contributed by atoms with Gasteiger partial charge in [0.1, 0.15) is 18.3 Å². The number of methoxy groups -OCH3 is 1. The van der Waals surface area contributed by atoms with Crippen molar-refractivity contribution < 1.29 is 22.7 Å². The van der Waals surface area contributed by atoms with Gasteiger partial charge in [-0.25, -0.2) is 8.42 Å². The first kappa shape index (κ1) is 30.0. The topological polar surface area (TPSA) is 96.0 Å². The molecule has 1 unspecified atom stereocenters. The molecule has 0 fully saturated rings. The van der Waals surface area contributed by atoms with Gasteiger partial charge in [0.05, 0.1) is 24.1 Å². The number of rotatable bonds is 9. The molecule has 1 atom stereocenters. The number of nitrogens with zero attached hydrogens (tertiary/aromatic N) is 2. The maximum atomic E-state index is 13.6. The first-order valence-electron chi connectivity index (χ1n) is 10.9. The molecule has 0 bridgehead atoms. The molecule has 0 aromatic heterocycles. The minimum absolute atomic E-state index is 0.0471. The normalized spacial score (nSPS) is 12.6. The van der Waals surface area contributed by atoms with Gasteiger partial charge in [-0.3, -0.25) is 13.9 Å². The highest BCUT2D eigenvalue weighted by molar-refractivity contribution is 7.92. The van der Waals surface area contributed by atoms with Crippen molar-refractivity contribution in [1.82, 2.24) is 10.2 Å². The van der Waals surface area contributed by atoms with Crippen molar-refractivity contribution in [2.45, 2.75) is 45.8 Å². The van der Waals surface area contributed by atoms with Crippen LogP contribution in [0.3, 0.4) is 0 Å². The Morgan fingerprint density at radius 3 is 2.19 bits per heavy atom. The van der Waals surface area contributed by atoms with Crippen LogP contribution in [0.4, 0.5) is 5.69 Å². The van der Waals surface area contributed by atoms with Gasteiger partial charge in [0.2, 0.25) is 21.8 Å². The third-order valence-corrected chi connectivity index (χ3v) is 7.15. The van der Waals surface area contributed by atoms with Gasteiger partial charge in [-0.1, -0.05) is 40.9 Å². The number of carbonyl (C=O) groups excluding carboxylic acids is 2. The predicted octanol–water partition coefficient (Wildman–Crippen LogP) is 4.75. The lowest BCUT2D eigenvalue weighted by Gasteiger charge is -2.33. The second kappa shape index (κ2) is 11.9. The zero-order valence-corrected chi connectivity index (χ0v) is 24.0. The molecule has 2 aromatic rings. The third-order valence-electron chi connectivity index (χ3n) is 5.12.